The van der Waals surface area contributed by atoms with Gasteiger partial charge in [-0.2, -0.15) is 13.2 Å². The van der Waals surface area contributed by atoms with Crippen molar-refractivity contribution in [1.29, 1.82) is 0 Å². The first kappa shape index (κ1) is 28.8. The summed E-state index contributed by atoms with van der Waals surface area (Å²) in [4.78, 5) is 12.4. The number of hydrogen-bond acceptors (Lipinski definition) is 4. The molecule has 0 saturated heterocycles. The third-order valence-electron chi connectivity index (χ3n) is 7.81. The maximum atomic E-state index is 13.4. The Hall–Kier alpha value is -2.72. The van der Waals surface area contributed by atoms with Crippen molar-refractivity contribution in [1.82, 2.24) is 14.6 Å². The number of alkyl halides is 3. The summed E-state index contributed by atoms with van der Waals surface area (Å²) < 4.78 is 47.6. The normalized spacial score (nSPS) is 14.3. The lowest BCUT2D eigenvalue weighted by Gasteiger charge is -2.36. The molecule has 1 atom stereocenters. The number of carbonyl (C=O) groups is 1. The zero-order chi connectivity index (χ0) is 28.1. The molecule has 3 aromatic rings. The van der Waals surface area contributed by atoms with E-state index >= 15 is 0 Å². The van der Waals surface area contributed by atoms with Crippen LogP contribution in [-0.4, -0.2) is 34.0 Å². The van der Waals surface area contributed by atoms with E-state index in [0.29, 0.717) is 17.7 Å². The van der Waals surface area contributed by atoms with Gasteiger partial charge in [0.1, 0.15) is 0 Å². The highest BCUT2D eigenvalue weighted by Gasteiger charge is 2.42. The molecule has 1 unspecified atom stereocenters. The molecule has 0 spiro atoms. The van der Waals surface area contributed by atoms with Crippen molar-refractivity contribution in [3.05, 3.63) is 64.1 Å². The molecule has 6 nitrogen and oxygen atoms in total. The molecule has 0 aliphatic heterocycles. The number of aliphatic carboxylic acids is 1. The predicted octanol–water partition coefficient (Wildman–Crippen LogP) is 7.13. The summed E-state index contributed by atoms with van der Waals surface area (Å²) in [6.45, 7) is 18.1. The Balaban J connectivity index is 2.16. The molecule has 1 N–H and O–H groups in total. The Labute approximate surface area is 217 Å². The number of carboxylic acid groups (broad SMARTS) is 1. The lowest BCUT2D eigenvalue weighted by molar-refractivity contribution is -0.147. The minimum absolute atomic E-state index is 0.0341. The van der Waals surface area contributed by atoms with Crippen LogP contribution < -0.4 is 0 Å². The number of rotatable bonds is 7. The van der Waals surface area contributed by atoms with Crippen molar-refractivity contribution in [3.63, 3.8) is 0 Å². The Morgan fingerprint density at radius 3 is 2.24 bits per heavy atom. The summed E-state index contributed by atoms with van der Waals surface area (Å²) in [6, 6.07) is 7.33. The van der Waals surface area contributed by atoms with Crippen LogP contribution in [0.25, 0.3) is 5.65 Å². The molecule has 0 bridgehead atoms. The van der Waals surface area contributed by atoms with E-state index < -0.39 is 37.6 Å². The highest BCUT2D eigenvalue weighted by Crippen LogP contribution is 2.44. The lowest BCUT2D eigenvalue weighted by atomic mass is 9.70. The summed E-state index contributed by atoms with van der Waals surface area (Å²) in [5, 5.41) is 17.3. The zero-order valence-electron chi connectivity index (χ0n) is 22.9. The molecule has 2 aromatic heterocycles. The van der Waals surface area contributed by atoms with E-state index in [4.69, 9.17) is 4.43 Å². The van der Waals surface area contributed by atoms with Gasteiger partial charge in [0.2, 0.25) is 5.82 Å². The van der Waals surface area contributed by atoms with Gasteiger partial charge in [-0.15, -0.1) is 10.2 Å². The molecule has 0 amide bonds. The molecule has 1 aromatic carbocycles. The second-order valence-corrected chi connectivity index (χ2v) is 16.6. The van der Waals surface area contributed by atoms with E-state index in [-0.39, 0.29) is 10.7 Å². The Morgan fingerprint density at radius 1 is 1.08 bits per heavy atom. The van der Waals surface area contributed by atoms with Gasteiger partial charge < -0.3 is 9.53 Å². The third-order valence-corrected chi connectivity index (χ3v) is 12.3. The molecule has 3 rings (SSSR count). The fraction of sp³-hybridized carbons (Fsp3) is 0.519. The van der Waals surface area contributed by atoms with Crippen LogP contribution in [0.1, 0.15) is 74.2 Å². The van der Waals surface area contributed by atoms with Gasteiger partial charge in [-0.05, 0) is 79.7 Å². The number of carboxylic acids is 1. The number of aromatic nitrogens is 3. The molecule has 0 radical (unpaired) electrons. The molecule has 0 saturated carbocycles. The number of pyridine rings is 1. The zero-order valence-corrected chi connectivity index (χ0v) is 23.9. The van der Waals surface area contributed by atoms with Crippen LogP contribution in [0.5, 0.6) is 0 Å². The minimum atomic E-state index is -4.66. The van der Waals surface area contributed by atoms with Crippen LogP contribution in [0.4, 0.5) is 13.2 Å². The van der Waals surface area contributed by atoms with Crippen LogP contribution in [0, 0.1) is 19.3 Å². The number of hydrogen-bond donors (Lipinski definition) is 1. The van der Waals surface area contributed by atoms with Crippen LogP contribution in [0.2, 0.25) is 18.1 Å². The SMILES string of the molecule is Cc1ccc(C(c2ccn3c(C(F)(F)F)nnc3c2C)C(C)(C)C(=O)O)cc1CO[Si](C)(C)C(C)(C)C. The van der Waals surface area contributed by atoms with E-state index in [1.54, 1.807) is 26.8 Å². The van der Waals surface area contributed by atoms with Crippen LogP contribution in [0.15, 0.2) is 30.5 Å². The smallest absolute Gasteiger partial charge is 0.452 e. The first-order chi connectivity index (χ1) is 16.8. The highest BCUT2D eigenvalue weighted by molar-refractivity contribution is 6.74. The predicted molar refractivity (Wildman–Crippen MR) is 139 cm³/mol. The van der Waals surface area contributed by atoms with Crippen molar-refractivity contribution in [2.45, 2.75) is 85.3 Å². The van der Waals surface area contributed by atoms with E-state index in [0.717, 1.165) is 21.1 Å². The maximum absolute atomic E-state index is 13.4. The topological polar surface area (TPSA) is 76.7 Å². The number of halogens is 3. The molecular formula is C27H36F3N3O3Si. The molecule has 0 fully saturated rings. The Bertz CT molecular complexity index is 1320. The lowest BCUT2D eigenvalue weighted by Crippen LogP contribution is -2.40. The average Bonchev–Trinajstić information content (AvgIpc) is 3.20. The minimum Gasteiger partial charge on any atom is -0.481 e. The monoisotopic (exact) mass is 535 g/mol. The van der Waals surface area contributed by atoms with Crippen molar-refractivity contribution in [2.75, 3.05) is 0 Å². The van der Waals surface area contributed by atoms with Crippen molar-refractivity contribution < 1.29 is 27.5 Å². The van der Waals surface area contributed by atoms with Crippen LogP contribution >= 0.6 is 0 Å². The number of nitrogens with zero attached hydrogens (tertiary/aromatic N) is 3. The molecular weight excluding hydrogens is 499 g/mol. The Kier molecular flexibility index (Phi) is 7.44. The molecule has 2 heterocycles. The van der Waals surface area contributed by atoms with E-state index in [2.05, 4.69) is 44.1 Å². The van der Waals surface area contributed by atoms with E-state index in [1.165, 1.54) is 6.20 Å². The third kappa shape index (κ3) is 5.45. The Morgan fingerprint density at radius 2 is 1.70 bits per heavy atom. The van der Waals surface area contributed by atoms with Gasteiger partial charge in [-0.25, -0.2) is 0 Å². The summed E-state index contributed by atoms with van der Waals surface area (Å²) in [5.41, 5.74) is 2.52. The van der Waals surface area contributed by atoms with Gasteiger partial charge in [0.05, 0.1) is 12.0 Å². The molecule has 202 valence electrons. The largest absolute Gasteiger partial charge is 0.481 e. The first-order valence-corrected chi connectivity index (χ1v) is 15.1. The first-order valence-electron chi connectivity index (χ1n) is 12.2. The average molecular weight is 536 g/mol. The number of fused-ring (bicyclic) bond motifs is 1. The number of aryl methyl sites for hydroxylation is 2. The molecule has 37 heavy (non-hydrogen) atoms. The fourth-order valence-corrected chi connectivity index (χ4v) is 5.16. The highest BCUT2D eigenvalue weighted by atomic mass is 28.4. The summed E-state index contributed by atoms with van der Waals surface area (Å²) >= 11 is 0. The fourth-order valence-electron chi connectivity index (χ4n) is 4.21. The second kappa shape index (κ2) is 9.54. The van der Waals surface area contributed by atoms with Crippen molar-refractivity contribution in [2.24, 2.45) is 5.41 Å². The van der Waals surface area contributed by atoms with E-state index in [1.807, 2.05) is 25.1 Å². The van der Waals surface area contributed by atoms with Gasteiger partial charge in [0.15, 0.2) is 14.0 Å². The van der Waals surface area contributed by atoms with E-state index in [9.17, 15) is 23.1 Å². The maximum Gasteiger partial charge on any atom is 0.452 e. The summed E-state index contributed by atoms with van der Waals surface area (Å²) in [5.74, 6) is -2.80. The van der Waals surface area contributed by atoms with Crippen molar-refractivity contribution >= 4 is 19.9 Å². The van der Waals surface area contributed by atoms with Crippen molar-refractivity contribution in [3.8, 4) is 0 Å². The van der Waals surface area contributed by atoms with Gasteiger partial charge in [-0.1, -0.05) is 39.0 Å². The summed E-state index contributed by atoms with van der Waals surface area (Å²) in [6.07, 6.45) is -3.40. The standard InChI is InChI=1S/C27H36F3N3O3Si/c1-16-10-11-18(14-19(16)15-36-37(8,9)25(3,4)5)21(26(6,7)24(34)35)20-12-13-33-22(17(20)2)31-32-23(33)27(28,29)30/h10-14,21H,15H2,1-9H3,(H,34,35). The molecule has 10 heteroatoms. The van der Waals surface area contributed by atoms with Crippen LogP contribution in [0.3, 0.4) is 0 Å². The second-order valence-electron chi connectivity index (χ2n) is 11.8. The van der Waals surface area contributed by atoms with Gasteiger partial charge in [-0.3, -0.25) is 9.20 Å². The summed E-state index contributed by atoms with van der Waals surface area (Å²) in [7, 11) is -2.03. The number of benzene rings is 1. The van der Waals surface area contributed by atoms with Gasteiger partial charge in [0, 0.05) is 12.1 Å². The van der Waals surface area contributed by atoms with Crippen LogP contribution in [-0.2, 0) is 22.0 Å². The van der Waals surface area contributed by atoms with Gasteiger partial charge >= 0.3 is 12.1 Å². The quantitative estimate of drug-likeness (QED) is 0.326. The molecule has 0 aliphatic rings. The molecule has 0 aliphatic carbocycles. The van der Waals surface area contributed by atoms with Gasteiger partial charge in [0.25, 0.3) is 0 Å².